The van der Waals surface area contributed by atoms with Crippen molar-refractivity contribution in [2.45, 2.75) is 19.5 Å². The van der Waals surface area contributed by atoms with Crippen LogP contribution in [-0.4, -0.2) is 20.4 Å². The molecular formula is C22H20N4O. The van der Waals surface area contributed by atoms with Crippen molar-refractivity contribution in [3.05, 3.63) is 96.2 Å². The normalized spacial score (nSPS) is 10.8. The number of imidazole rings is 1. The molecule has 0 aliphatic rings. The minimum Gasteiger partial charge on any atom is -0.352 e. The van der Waals surface area contributed by atoms with Crippen LogP contribution in [0.2, 0.25) is 0 Å². The molecular weight excluding hydrogens is 336 g/mol. The number of amides is 1. The first-order valence-corrected chi connectivity index (χ1v) is 8.91. The molecule has 0 atom stereocenters. The Morgan fingerprint density at radius 1 is 0.926 bits per heavy atom. The number of fused-ring (bicyclic) bond motifs is 1. The van der Waals surface area contributed by atoms with Gasteiger partial charge in [0.2, 0.25) is 5.91 Å². The van der Waals surface area contributed by atoms with E-state index in [9.17, 15) is 4.79 Å². The number of rotatable bonds is 6. The molecule has 2 aromatic carbocycles. The minimum atomic E-state index is -0.00872. The van der Waals surface area contributed by atoms with Gasteiger partial charge in [0.05, 0.1) is 18.3 Å². The van der Waals surface area contributed by atoms with Gasteiger partial charge in [0.1, 0.15) is 0 Å². The van der Waals surface area contributed by atoms with Crippen LogP contribution in [-0.2, 0) is 24.3 Å². The minimum absolute atomic E-state index is 0.00872. The van der Waals surface area contributed by atoms with Crippen LogP contribution in [0.5, 0.6) is 0 Å². The van der Waals surface area contributed by atoms with E-state index in [-0.39, 0.29) is 5.91 Å². The summed E-state index contributed by atoms with van der Waals surface area (Å²) in [5.74, 6) is -0.00872. The maximum atomic E-state index is 12.5. The molecule has 2 heterocycles. The average Bonchev–Trinajstić information content (AvgIpc) is 3.21. The fourth-order valence-corrected chi connectivity index (χ4v) is 3.20. The average molecular weight is 356 g/mol. The Bertz CT molecular complexity index is 1050. The summed E-state index contributed by atoms with van der Waals surface area (Å²) in [6.45, 7) is 1.24. The summed E-state index contributed by atoms with van der Waals surface area (Å²) >= 11 is 0. The molecule has 0 fully saturated rings. The van der Waals surface area contributed by atoms with Gasteiger partial charge >= 0.3 is 0 Å². The predicted octanol–water partition coefficient (Wildman–Crippen LogP) is 3.34. The first-order valence-electron chi connectivity index (χ1n) is 8.91. The van der Waals surface area contributed by atoms with Crippen molar-refractivity contribution in [2.75, 3.05) is 0 Å². The highest BCUT2D eigenvalue weighted by Gasteiger charge is 2.09. The number of para-hydroxylation sites is 1. The zero-order valence-corrected chi connectivity index (χ0v) is 14.9. The number of carbonyl (C=O) groups is 1. The van der Waals surface area contributed by atoms with E-state index in [1.54, 1.807) is 18.7 Å². The predicted molar refractivity (Wildman–Crippen MR) is 105 cm³/mol. The third kappa shape index (κ3) is 4.03. The fourth-order valence-electron chi connectivity index (χ4n) is 3.20. The number of hydrogen-bond donors (Lipinski definition) is 1. The van der Waals surface area contributed by atoms with Crippen molar-refractivity contribution in [3.63, 3.8) is 0 Å². The zero-order chi connectivity index (χ0) is 18.5. The Hall–Kier alpha value is -3.47. The number of benzene rings is 2. The van der Waals surface area contributed by atoms with Gasteiger partial charge in [0.25, 0.3) is 0 Å². The van der Waals surface area contributed by atoms with Gasteiger partial charge in [-0.1, -0.05) is 48.5 Å². The molecule has 4 rings (SSSR count). The topological polar surface area (TPSA) is 59.8 Å². The van der Waals surface area contributed by atoms with Crippen molar-refractivity contribution < 1.29 is 4.79 Å². The number of pyridine rings is 1. The van der Waals surface area contributed by atoms with Crippen molar-refractivity contribution in [1.82, 2.24) is 19.9 Å². The summed E-state index contributed by atoms with van der Waals surface area (Å²) in [4.78, 5) is 21.0. The largest absolute Gasteiger partial charge is 0.352 e. The Balaban J connectivity index is 1.44. The number of carbonyl (C=O) groups excluding carboxylic acids is 1. The summed E-state index contributed by atoms with van der Waals surface area (Å²) in [6.07, 6.45) is 7.57. The smallest absolute Gasteiger partial charge is 0.224 e. The van der Waals surface area contributed by atoms with E-state index < -0.39 is 0 Å². The summed E-state index contributed by atoms with van der Waals surface area (Å²) in [6, 6.07) is 18.0. The van der Waals surface area contributed by atoms with E-state index in [4.69, 9.17) is 0 Å². The van der Waals surface area contributed by atoms with Crippen LogP contribution in [0.4, 0.5) is 0 Å². The molecule has 0 unspecified atom stereocenters. The van der Waals surface area contributed by atoms with Crippen molar-refractivity contribution >= 4 is 16.8 Å². The molecule has 27 heavy (non-hydrogen) atoms. The second-order valence-electron chi connectivity index (χ2n) is 6.45. The number of aromatic nitrogens is 3. The van der Waals surface area contributed by atoms with Crippen LogP contribution in [0, 0.1) is 0 Å². The number of nitrogens with one attached hydrogen (secondary N) is 1. The van der Waals surface area contributed by atoms with E-state index in [0.717, 1.165) is 28.6 Å². The summed E-state index contributed by atoms with van der Waals surface area (Å²) in [7, 11) is 0. The molecule has 0 bridgehead atoms. The Morgan fingerprint density at radius 2 is 1.74 bits per heavy atom. The lowest BCUT2D eigenvalue weighted by Gasteiger charge is -2.12. The van der Waals surface area contributed by atoms with Gasteiger partial charge in [-0.15, -0.1) is 0 Å². The van der Waals surface area contributed by atoms with Crippen LogP contribution < -0.4 is 5.32 Å². The maximum absolute atomic E-state index is 12.5. The van der Waals surface area contributed by atoms with E-state index in [0.29, 0.717) is 13.0 Å². The molecule has 0 aliphatic carbocycles. The van der Waals surface area contributed by atoms with Gasteiger partial charge in [0, 0.05) is 37.1 Å². The van der Waals surface area contributed by atoms with Gasteiger partial charge in [-0.2, -0.15) is 0 Å². The number of hydrogen-bond acceptors (Lipinski definition) is 3. The maximum Gasteiger partial charge on any atom is 0.224 e. The highest BCUT2D eigenvalue weighted by molar-refractivity contribution is 5.87. The van der Waals surface area contributed by atoms with Crippen LogP contribution in [0.3, 0.4) is 0 Å². The molecule has 5 heteroatoms. The van der Waals surface area contributed by atoms with Crippen molar-refractivity contribution in [1.29, 1.82) is 0 Å². The standard InChI is InChI=1S/C22H20N4O/c27-21(13-18-8-3-7-17-9-4-10-24-22(17)18)25-14-19-5-1-2-6-20(19)15-26-12-11-23-16-26/h1-12,16H,13-15H2,(H,25,27). The lowest BCUT2D eigenvalue weighted by atomic mass is 10.1. The molecule has 5 nitrogen and oxygen atoms in total. The van der Waals surface area contributed by atoms with Crippen molar-refractivity contribution in [3.8, 4) is 0 Å². The van der Waals surface area contributed by atoms with Crippen LogP contribution in [0.25, 0.3) is 10.9 Å². The Labute approximate surface area is 157 Å². The van der Waals surface area contributed by atoms with Gasteiger partial charge in [-0.05, 0) is 22.8 Å². The van der Waals surface area contributed by atoms with E-state index >= 15 is 0 Å². The summed E-state index contributed by atoms with van der Waals surface area (Å²) in [5, 5.41) is 4.09. The van der Waals surface area contributed by atoms with Gasteiger partial charge in [0.15, 0.2) is 0 Å². The van der Waals surface area contributed by atoms with E-state index in [2.05, 4.69) is 21.4 Å². The second kappa shape index (κ2) is 7.83. The van der Waals surface area contributed by atoms with Gasteiger partial charge in [-0.3, -0.25) is 9.78 Å². The van der Waals surface area contributed by atoms with E-state index in [1.165, 1.54) is 5.56 Å². The van der Waals surface area contributed by atoms with Crippen LogP contribution in [0.1, 0.15) is 16.7 Å². The molecule has 0 radical (unpaired) electrons. The van der Waals surface area contributed by atoms with Gasteiger partial charge < -0.3 is 9.88 Å². The molecule has 1 N–H and O–H groups in total. The molecule has 0 aliphatic heterocycles. The first kappa shape index (κ1) is 17.0. The van der Waals surface area contributed by atoms with Crippen molar-refractivity contribution in [2.24, 2.45) is 0 Å². The second-order valence-corrected chi connectivity index (χ2v) is 6.45. The van der Waals surface area contributed by atoms with Crippen LogP contribution >= 0.6 is 0 Å². The SMILES string of the molecule is O=C(Cc1cccc2cccnc12)NCc1ccccc1Cn1ccnc1. The van der Waals surface area contributed by atoms with E-state index in [1.807, 2.05) is 59.3 Å². The van der Waals surface area contributed by atoms with Crippen LogP contribution in [0.15, 0.2) is 79.5 Å². The summed E-state index contributed by atoms with van der Waals surface area (Å²) in [5.41, 5.74) is 4.10. The lowest BCUT2D eigenvalue weighted by molar-refractivity contribution is -0.120. The molecule has 0 saturated carbocycles. The molecule has 2 aromatic heterocycles. The highest BCUT2D eigenvalue weighted by atomic mass is 16.1. The van der Waals surface area contributed by atoms with Gasteiger partial charge in [-0.25, -0.2) is 4.98 Å². The molecule has 0 spiro atoms. The third-order valence-electron chi connectivity index (χ3n) is 4.57. The third-order valence-corrected chi connectivity index (χ3v) is 4.57. The molecule has 0 saturated heterocycles. The fraction of sp³-hybridized carbons (Fsp3) is 0.136. The lowest BCUT2D eigenvalue weighted by Crippen LogP contribution is -2.25. The summed E-state index contributed by atoms with van der Waals surface area (Å²) < 4.78 is 2.02. The molecule has 1 amide bonds. The Morgan fingerprint density at radius 3 is 2.59 bits per heavy atom. The monoisotopic (exact) mass is 356 g/mol. The number of nitrogens with zero attached hydrogens (tertiary/aromatic N) is 3. The molecule has 4 aromatic rings. The quantitative estimate of drug-likeness (QED) is 0.576. The Kier molecular flexibility index (Phi) is 4.92. The first-order chi connectivity index (χ1) is 13.3. The zero-order valence-electron chi connectivity index (χ0n) is 14.9. The highest BCUT2D eigenvalue weighted by Crippen LogP contribution is 2.16. The molecule has 134 valence electrons.